The summed E-state index contributed by atoms with van der Waals surface area (Å²) in [6, 6.07) is 10.6. The third kappa shape index (κ3) is 4.45. The van der Waals surface area contributed by atoms with Gasteiger partial charge in [0.15, 0.2) is 0 Å². The molecule has 0 saturated carbocycles. The predicted octanol–water partition coefficient (Wildman–Crippen LogP) is 2.21. The molecule has 1 N–H and O–H groups in total. The quantitative estimate of drug-likeness (QED) is 0.877. The highest BCUT2D eigenvalue weighted by Gasteiger charge is 2.41. The van der Waals surface area contributed by atoms with Gasteiger partial charge in [0, 0.05) is 32.8 Å². The molecule has 5 nitrogen and oxygen atoms in total. The van der Waals surface area contributed by atoms with Crippen LogP contribution in [0, 0.1) is 11.8 Å². The first-order chi connectivity index (χ1) is 12.8. The van der Waals surface area contributed by atoms with Crippen molar-refractivity contribution in [2.45, 2.75) is 44.4 Å². The van der Waals surface area contributed by atoms with Crippen molar-refractivity contribution in [3.8, 4) is 0 Å². The maximum atomic E-state index is 12.5. The van der Waals surface area contributed by atoms with Crippen LogP contribution in [0.3, 0.4) is 0 Å². The lowest BCUT2D eigenvalue weighted by Gasteiger charge is -2.34. The summed E-state index contributed by atoms with van der Waals surface area (Å²) in [5.41, 5.74) is 1.34. The number of benzene rings is 1. The fraction of sp³-hybridized carbons (Fsp3) is 0.667. The van der Waals surface area contributed by atoms with Gasteiger partial charge in [0.05, 0.1) is 6.10 Å². The van der Waals surface area contributed by atoms with Crippen LogP contribution < -0.4 is 5.32 Å². The normalized spacial score (nSPS) is 30.1. The van der Waals surface area contributed by atoms with Crippen LogP contribution >= 0.6 is 0 Å². The average molecular weight is 358 g/mol. The summed E-state index contributed by atoms with van der Waals surface area (Å²) in [6.45, 7) is 5.40. The highest BCUT2D eigenvalue weighted by Crippen LogP contribution is 2.33. The maximum Gasteiger partial charge on any atom is 0.249 e. The Kier molecular flexibility index (Phi) is 5.88. The number of carbonyl (C=O) groups excluding carboxylic acids is 1. The predicted molar refractivity (Wildman–Crippen MR) is 99.7 cm³/mol. The Morgan fingerprint density at radius 3 is 2.77 bits per heavy atom. The van der Waals surface area contributed by atoms with Gasteiger partial charge in [0.1, 0.15) is 6.10 Å². The van der Waals surface area contributed by atoms with E-state index in [0.717, 1.165) is 65.1 Å². The fourth-order valence-electron chi connectivity index (χ4n) is 4.46. The smallest absolute Gasteiger partial charge is 0.249 e. The number of rotatable bonds is 5. The summed E-state index contributed by atoms with van der Waals surface area (Å²) < 4.78 is 11.5. The van der Waals surface area contributed by atoms with Crippen LogP contribution in [0.25, 0.3) is 0 Å². The van der Waals surface area contributed by atoms with Crippen LogP contribution in [0.1, 0.15) is 31.2 Å². The molecule has 142 valence electrons. The van der Waals surface area contributed by atoms with Crippen molar-refractivity contribution < 1.29 is 14.3 Å². The molecular weight excluding hydrogens is 328 g/mol. The van der Waals surface area contributed by atoms with Crippen molar-refractivity contribution in [1.29, 1.82) is 0 Å². The first-order valence-electron chi connectivity index (χ1n) is 10.0. The molecule has 3 aliphatic rings. The molecule has 3 aliphatic heterocycles. The molecule has 5 heteroatoms. The second kappa shape index (κ2) is 8.51. The maximum absolute atomic E-state index is 12.5. The number of amides is 1. The van der Waals surface area contributed by atoms with Gasteiger partial charge in [-0.3, -0.25) is 9.69 Å². The lowest BCUT2D eigenvalue weighted by Crippen LogP contribution is -2.42. The van der Waals surface area contributed by atoms with Crippen LogP contribution in [-0.4, -0.2) is 55.9 Å². The number of hydrogen-bond acceptors (Lipinski definition) is 4. The van der Waals surface area contributed by atoms with Crippen molar-refractivity contribution in [2.75, 3.05) is 32.8 Å². The molecule has 0 bridgehead atoms. The molecule has 0 aliphatic carbocycles. The zero-order valence-electron chi connectivity index (χ0n) is 15.4. The average Bonchev–Trinajstić information content (AvgIpc) is 3.11. The van der Waals surface area contributed by atoms with Crippen molar-refractivity contribution in [1.82, 2.24) is 10.2 Å². The summed E-state index contributed by atoms with van der Waals surface area (Å²) in [6.07, 6.45) is 4.04. The molecule has 0 spiro atoms. The molecule has 4 rings (SSSR count). The third-order valence-electron chi connectivity index (χ3n) is 6.08. The first-order valence-corrected chi connectivity index (χ1v) is 10.0. The van der Waals surface area contributed by atoms with Gasteiger partial charge in [-0.25, -0.2) is 0 Å². The van der Waals surface area contributed by atoms with Crippen molar-refractivity contribution in [2.24, 2.45) is 11.8 Å². The Morgan fingerprint density at radius 2 is 1.96 bits per heavy atom. The van der Waals surface area contributed by atoms with E-state index in [-0.39, 0.29) is 18.1 Å². The summed E-state index contributed by atoms with van der Waals surface area (Å²) >= 11 is 0. The van der Waals surface area contributed by atoms with Gasteiger partial charge < -0.3 is 14.8 Å². The highest BCUT2D eigenvalue weighted by molar-refractivity contribution is 5.81. The molecule has 3 atom stereocenters. The monoisotopic (exact) mass is 358 g/mol. The molecule has 3 fully saturated rings. The van der Waals surface area contributed by atoms with Crippen molar-refractivity contribution in [3.05, 3.63) is 35.9 Å². The zero-order chi connectivity index (χ0) is 17.8. The number of nitrogens with one attached hydrogen (secondary N) is 1. The minimum atomic E-state index is -0.262. The van der Waals surface area contributed by atoms with Crippen LogP contribution in [0.5, 0.6) is 0 Å². The van der Waals surface area contributed by atoms with E-state index in [1.165, 1.54) is 5.56 Å². The lowest BCUT2D eigenvalue weighted by molar-refractivity contribution is -0.133. The molecule has 0 radical (unpaired) electrons. The Morgan fingerprint density at radius 1 is 1.15 bits per heavy atom. The Hall–Kier alpha value is -1.43. The Labute approximate surface area is 156 Å². The van der Waals surface area contributed by atoms with E-state index in [1.807, 2.05) is 0 Å². The second-order valence-corrected chi connectivity index (χ2v) is 7.97. The number of piperidine rings is 1. The van der Waals surface area contributed by atoms with Crippen LogP contribution in [0.15, 0.2) is 30.3 Å². The van der Waals surface area contributed by atoms with E-state index in [4.69, 9.17) is 9.47 Å². The van der Waals surface area contributed by atoms with Gasteiger partial charge in [-0.05, 0) is 49.6 Å². The van der Waals surface area contributed by atoms with E-state index >= 15 is 0 Å². The third-order valence-corrected chi connectivity index (χ3v) is 6.08. The molecule has 26 heavy (non-hydrogen) atoms. The number of likely N-dealkylation sites (tertiary alicyclic amines) is 1. The van der Waals surface area contributed by atoms with Crippen LogP contribution in [0.4, 0.5) is 0 Å². The second-order valence-electron chi connectivity index (χ2n) is 7.97. The van der Waals surface area contributed by atoms with Crippen molar-refractivity contribution in [3.63, 3.8) is 0 Å². The summed E-state index contributed by atoms with van der Waals surface area (Å²) in [4.78, 5) is 15.0. The number of hydrogen-bond donors (Lipinski definition) is 1. The first kappa shape index (κ1) is 18.0. The van der Waals surface area contributed by atoms with Crippen molar-refractivity contribution >= 4 is 5.91 Å². The van der Waals surface area contributed by atoms with Gasteiger partial charge in [0.2, 0.25) is 5.91 Å². The Balaban J connectivity index is 1.24. The van der Waals surface area contributed by atoms with Gasteiger partial charge in [-0.15, -0.1) is 0 Å². The summed E-state index contributed by atoms with van der Waals surface area (Å²) in [7, 11) is 0. The van der Waals surface area contributed by atoms with E-state index in [2.05, 4.69) is 40.5 Å². The minimum absolute atomic E-state index is 0.0838. The molecule has 3 heterocycles. The summed E-state index contributed by atoms with van der Waals surface area (Å²) in [5.74, 6) is 1.17. The molecule has 1 aromatic rings. The van der Waals surface area contributed by atoms with Gasteiger partial charge in [-0.2, -0.15) is 0 Å². The van der Waals surface area contributed by atoms with E-state index in [1.54, 1.807) is 0 Å². The zero-order valence-corrected chi connectivity index (χ0v) is 15.4. The molecule has 0 aromatic heterocycles. The van der Waals surface area contributed by atoms with Crippen LogP contribution in [-0.2, 0) is 20.8 Å². The standard InChI is InChI=1S/C21H30N2O3/c24-21(22-13-16-7-10-25-11-8-16)19-12-18-6-9-23(15-20(18)26-19)14-17-4-2-1-3-5-17/h1-5,16,18-20H,6-15H2,(H,22,24)/t18-,19-,20+/m0/s1. The van der Waals surface area contributed by atoms with E-state index in [0.29, 0.717) is 11.8 Å². The largest absolute Gasteiger partial charge is 0.381 e. The molecule has 1 amide bonds. The fourth-order valence-corrected chi connectivity index (χ4v) is 4.46. The molecular formula is C21H30N2O3. The van der Waals surface area contributed by atoms with Gasteiger partial charge in [0.25, 0.3) is 0 Å². The van der Waals surface area contributed by atoms with Gasteiger partial charge in [-0.1, -0.05) is 30.3 Å². The molecule has 1 aromatic carbocycles. The summed E-state index contributed by atoms with van der Waals surface area (Å²) in [5, 5.41) is 3.12. The lowest BCUT2D eigenvalue weighted by atomic mass is 9.91. The van der Waals surface area contributed by atoms with E-state index < -0.39 is 0 Å². The minimum Gasteiger partial charge on any atom is -0.381 e. The Bertz CT molecular complexity index is 588. The number of carbonyl (C=O) groups is 1. The number of ether oxygens (including phenoxy) is 2. The molecule has 3 saturated heterocycles. The van der Waals surface area contributed by atoms with Gasteiger partial charge >= 0.3 is 0 Å². The number of nitrogens with zero attached hydrogens (tertiary/aromatic N) is 1. The SMILES string of the molecule is O=C(NCC1CCOCC1)[C@@H]1C[C@@H]2CCN(Cc3ccccc3)C[C@H]2O1. The number of fused-ring (bicyclic) bond motifs is 1. The topological polar surface area (TPSA) is 50.8 Å². The van der Waals surface area contributed by atoms with Crippen LogP contribution in [0.2, 0.25) is 0 Å². The van der Waals surface area contributed by atoms with E-state index in [9.17, 15) is 4.79 Å². The highest BCUT2D eigenvalue weighted by atomic mass is 16.5. The molecule has 0 unspecified atom stereocenters.